The van der Waals surface area contributed by atoms with Gasteiger partial charge in [-0.15, -0.1) is 0 Å². The van der Waals surface area contributed by atoms with Crippen LogP contribution in [0, 0.1) is 17.2 Å². The molecule has 90 valence electrons. The molecule has 0 bridgehead atoms. The Hall–Kier alpha value is -1.87. The standard InChI is InChI=1S/C11H11NO4S/c1-17(15,16)10-4-2-8(3-5-10)6-9(7-12)11(13)14/h2-5,9H,6H2,1H3,(H,13,14)/t9-/m0/s1. The van der Waals surface area contributed by atoms with E-state index in [0.29, 0.717) is 5.56 Å². The van der Waals surface area contributed by atoms with Crippen molar-refractivity contribution in [3.8, 4) is 6.07 Å². The van der Waals surface area contributed by atoms with Gasteiger partial charge >= 0.3 is 5.97 Å². The number of carboxylic acid groups (broad SMARTS) is 1. The zero-order chi connectivity index (χ0) is 13.1. The predicted molar refractivity (Wildman–Crippen MR) is 60.0 cm³/mol. The van der Waals surface area contributed by atoms with Gasteiger partial charge in [0.1, 0.15) is 5.92 Å². The van der Waals surface area contributed by atoms with E-state index in [0.717, 1.165) is 6.26 Å². The second kappa shape index (κ2) is 4.97. The Balaban J connectivity index is 2.90. The van der Waals surface area contributed by atoms with Crippen LogP contribution in [0.25, 0.3) is 0 Å². The van der Waals surface area contributed by atoms with Gasteiger partial charge in [0.15, 0.2) is 9.84 Å². The Bertz CT molecular complexity index is 554. The number of sulfone groups is 1. The molecule has 1 N–H and O–H groups in total. The van der Waals surface area contributed by atoms with Crippen LogP contribution in [0.2, 0.25) is 0 Å². The highest BCUT2D eigenvalue weighted by molar-refractivity contribution is 7.90. The van der Waals surface area contributed by atoms with Gasteiger partial charge in [0.05, 0.1) is 11.0 Å². The van der Waals surface area contributed by atoms with Crippen LogP contribution in [0.1, 0.15) is 5.56 Å². The topological polar surface area (TPSA) is 95.2 Å². The van der Waals surface area contributed by atoms with Gasteiger partial charge in [0.2, 0.25) is 0 Å². The first-order valence-corrected chi connectivity index (χ1v) is 6.65. The summed E-state index contributed by atoms with van der Waals surface area (Å²) in [4.78, 5) is 10.8. The average molecular weight is 253 g/mol. The zero-order valence-corrected chi connectivity index (χ0v) is 9.94. The van der Waals surface area contributed by atoms with Crippen LogP contribution in [0.4, 0.5) is 0 Å². The largest absolute Gasteiger partial charge is 0.480 e. The third-order valence-electron chi connectivity index (χ3n) is 2.25. The molecule has 0 spiro atoms. The monoisotopic (exact) mass is 253 g/mol. The van der Waals surface area contributed by atoms with Gasteiger partial charge in [-0.05, 0) is 24.1 Å². The molecule has 0 radical (unpaired) electrons. The van der Waals surface area contributed by atoms with E-state index >= 15 is 0 Å². The maximum Gasteiger partial charge on any atom is 0.321 e. The Kier molecular flexibility index (Phi) is 3.86. The molecule has 0 unspecified atom stereocenters. The average Bonchev–Trinajstić information content (AvgIpc) is 2.25. The number of nitrogens with zero attached hydrogens (tertiary/aromatic N) is 1. The minimum Gasteiger partial charge on any atom is -0.480 e. The summed E-state index contributed by atoms with van der Waals surface area (Å²) in [5, 5.41) is 17.3. The summed E-state index contributed by atoms with van der Waals surface area (Å²) in [5.74, 6) is -2.29. The van der Waals surface area contributed by atoms with Crippen molar-refractivity contribution in [1.29, 1.82) is 5.26 Å². The Morgan fingerprint density at radius 3 is 2.29 bits per heavy atom. The van der Waals surface area contributed by atoms with Gasteiger partial charge in [-0.3, -0.25) is 4.79 Å². The second-order valence-corrected chi connectivity index (χ2v) is 5.66. The quantitative estimate of drug-likeness (QED) is 0.858. The van der Waals surface area contributed by atoms with Crippen LogP contribution >= 0.6 is 0 Å². The molecule has 0 fully saturated rings. The number of rotatable bonds is 4. The Morgan fingerprint density at radius 2 is 1.94 bits per heavy atom. The molecule has 0 saturated carbocycles. The number of nitriles is 1. The van der Waals surface area contributed by atoms with E-state index in [1.807, 2.05) is 0 Å². The molecule has 0 aliphatic carbocycles. The predicted octanol–water partition coefficient (Wildman–Crippen LogP) is 0.857. The number of benzene rings is 1. The molecule has 0 aliphatic heterocycles. The molecular formula is C11H11NO4S. The molecule has 0 aliphatic rings. The van der Waals surface area contributed by atoms with Crippen LogP contribution in [-0.4, -0.2) is 25.7 Å². The van der Waals surface area contributed by atoms with Crippen LogP contribution < -0.4 is 0 Å². The fourth-order valence-electron chi connectivity index (χ4n) is 1.30. The molecule has 6 heteroatoms. The molecule has 0 saturated heterocycles. The van der Waals surface area contributed by atoms with Gasteiger partial charge in [-0.1, -0.05) is 12.1 Å². The fraction of sp³-hybridized carbons (Fsp3) is 0.273. The van der Waals surface area contributed by atoms with Crippen molar-refractivity contribution in [3.05, 3.63) is 29.8 Å². The molecule has 0 aromatic heterocycles. The summed E-state index contributed by atoms with van der Waals surface area (Å²) < 4.78 is 22.4. The van der Waals surface area contributed by atoms with Crippen molar-refractivity contribution in [2.45, 2.75) is 11.3 Å². The molecule has 1 rings (SSSR count). The fourth-order valence-corrected chi connectivity index (χ4v) is 1.93. The van der Waals surface area contributed by atoms with Crippen LogP contribution in [0.5, 0.6) is 0 Å². The lowest BCUT2D eigenvalue weighted by molar-refractivity contribution is -0.139. The van der Waals surface area contributed by atoms with E-state index in [1.54, 1.807) is 6.07 Å². The minimum atomic E-state index is -3.25. The molecule has 0 heterocycles. The summed E-state index contributed by atoms with van der Waals surface area (Å²) in [6, 6.07) is 7.52. The van der Waals surface area contributed by atoms with Crippen molar-refractivity contribution < 1.29 is 18.3 Å². The van der Waals surface area contributed by atoms with E-state index < -0.39 is 21.7 Å². The summed E-state index contributed by atoms with van der Waals surface area (Å²) in [7, 11) is -3.25. The lowest BCUT2D eigenvalue weighted by atomic mass is 10.0. The Labute approximate surface area is 99.2 Å². The third-order valence-corrected chi connectivity index (χ3v) is 3.37. The van der Waals surface area contributed by atoms with Crippen LogP contribution in [0.3, 0.4) is 0 Å². The molecule has 1 aromatic rings. The van der Waals surface area contributed by atoms with Gasteiger partial charge in [0.25, 0.3) is 0 Å². The lowest BCUT2D eigenvalue weighted by Gasteiger charge is -2.04. The van der Waals surface area contributed by atoms with E-state index in [4.69, 9.17) is 10.4 Å². The molecule has 0 amide bonds. The van der Waals surface area contributed by atoms with Crippen molar-refractivity contribution >= 4 is 15.8 Å². The maximum atomic E-state index is 11.2. The molecule has 1 atom stereocenters. The smallest absolute Gasteiger partial charge is 0.321 e. The Morgan fingerprint density at radius 1 is 1.41 bits per heavy atom. The first kappa shape index (κ1) is 13.2. The van der Waals surface area contributed by atoms with Crippen LogP contribution in [-0.2, 0) is 21.1 Å². The van der Waals surface area contributed by atoms with Crippen LogP contribution in [0.15, 0.2) is 29.2 Å². The summed E-state index contributed by atoms with van der Waals surface area (Å²) in [5.41, 5.74) is 0.617. The number of aliphatic carboxylic acids is 1. The lowest BCUT2D eigenvalue weighted by Crippen LogP contribution is -2.14. The zero-order valence-electron chi connectivity index (χ0n) is 9.12. The van der Waals surface area contributed by atoms with Gasteiger partial charge in [0, 0.05) is 6.26 Å². The van der Waals surface area contributed by atoms with Gasteiger partial charge < -0.3 is 5.11 Å². The number of hydrogen-bond donors (Lipinski definition) is 1. The van der Waals surface area contributed by atoms with Crippen molar-refractivity contribution in [2.24, 2.45) is 5.92 Å². The number of carbonyl (C=O) groups is 1. The first-order chi connectivity index (χ1) is 7.84. The van der Waals surface area contributed by atoms with Gasteiger partial charge in [-0.25, -0.2) is 8.42 Å². The third kappa shape index (κ3) is 3.57. The van der Waals surface area contributed by atoms with Crippen molar-refractivity contribution in [3.63, 3.8) is 0 Å². The SMILES string of the molecule is CS(=O)(=O)c1ccc(C[C@@H](C#N)C(=O)O)cc1. The normalized spacial score (nSPS) is 12.7. The van der Waals surface area contributed by atoms with E-state index in [1.165, 1.54) is 24.3 Å². The van der Waals surface area contributed by atoms with E-state index in [9.17, 15) is 13.2 Å². The van der Waals surface area contributed by atoms with E-state index in [-0.39, 0.29) is 11.3 Å². The van der Waals surface area contributed by atoms with Crippen molar-refractivity contribution in [2.75, 3.05) is 6.26 Å². The number of carboxylic acids is 1. The highest BCUT2D eigenvalue weighted by atomic mass is 32.2. The van der Waals surface area contributed by atoms with Gasteiger partial charge in [-0.2, -0.15) is 5.26 Å². The van der Waals surface area contributed by atoms with E-state index in [2.05, 4.69) is 0 Å². The first-order valence-electron chi connectivity index (χ1n) is 4.76. The molecule has 5 nitrogen and oxygen atoms in total. The minimum absolute atomic E-state index is 0.0654. The highest BCUT2D eigenvalue weighted by Gasteiger charge is 2.17. The molecular weight excluding hydrogens is 242 g/mol. The maximum absolute atomic E-state index is 11.2. The highest BCUT2D eigenvalue weighted by Crippen LogP contribution is 2.13. The van der Waals surface area contributed by atoms with Crippen molar-refractivity contribution in [1.82, 2.24) is 0 Å². The summed E-state index contributed by atoms with van der Waals surface area (Å²) >= 11 is 0. The number of hydrogen-bond acceptors (Lipinski definition) is 4. The second-order valence-electron chi connectivity index (χ2n) is 3.64. The summed E-state index contributed by atoms with van der Waals surface area (Å²) in [6.45, 7) is 0. The molecule has 1 aromatic carbocycles. The summed E-state index contributed by atoms with van der Waals surface area (Å²) in [6.07, 6.45) is 1.16. The molecule has 17 heavy (non-hydrogen) atoms.